The van der Waals surface area contributed by atoms with Gasteiger partial charge in [0.2, 0.25) is 0 Å². The Balaban J connectivity index is 1.70. The van der Waals surface area contributed by atoms with Crippen molar-refractivity contribution < 1.29 is 39.5 Å². The summed E-state index contributed by atoms with van der Waals surface area (Å²) < 4.78 is 10.8. The molecule has 10 heteroatoms. The Morgan fingerprint density at radius 3 is 1.34 bits per heavy atom. The third-order valence-electron chi connectivity index (χ3n) is 6.25. The number of hydrogen-bond acceptors (Lipinski definition) is 10. The van der Waals surface area contributed by atoms with Crippen LogP contribution < -0.4 is 11.3 Å². The molecule has 0 unspecified atom stereocenters. The van der Waals surface area contributed by atoms with E-state index < -0.39 is 28.7 Å². The third kappa shape index (κ3) is 6.62. The smallest absolute Gasteiger partial charge is 0.343 e. The molecule has 6 N–H and O–H groups in total. The first-order chi connectivity index (χ1) is 19.4. The van der Waals surface area contributed by atoms with Gasteiger partial charge in [0.1, 0.15) is 23.0 Å². The van der Waals surface area contributed by atoms with Crippen molar-refractivity contribution in [3.8, 4) is 34.5 Å². The van der Waals surface area contributed by atoms with Crippen LogP contribution in [-0.4, -0.2) is 30.6 Å². The topological polar surface area (TPSA) is 182 Å². The molecule has 0 aliphatic carbocycles. The Hall–Kier alpha value is -5.38. The van der Waals surface area contributed by atoms with Crippen LogP contribution in [-0.2, 0) is 0 Å². The predicted octanol–water partition coefficient (Wildman–Crippen LogP) is 5.35. The summed E-state index contributed by atoms with van der Waals surface area (Å²) >= 11 is 0. The van der Waals surface area contributed by atoms with Gasteiger partial charge in [0.15, 0.2) is 23.0 Å². The van der Waals surface area contributed by atoms with Gasteiger partial charge in [-0.2, -0.15) is 0 Å². The lowest BCUT2D eigenvalue weighted by Crippen LogP contribution is -2.21. The highest BCUT2D eigenvalue weighted by atomic mass is 16.4. The molecule has 4 aromatic rings. The largest absolute Gasteiger partial charge is 0.507 e. The van der Waals surface area contributed by atoms with Gasteiger partial charge in [0, 0.05) is 18.1 Å². The summed E-state index contributed by atoms with van der Waals surface area (Å²) in [5.41, 5.74) is -1.30. The van der Waals surface area contributed by atoms with Gasteiger partial charge in [0.05, 0.1) is 11.1 Å². The summed E-state index contributed by atoms with van der Waals surface area (Å²) in [6, 6.07) is 10.6. The SMILES string of the molecule is CC(C)CC(c1c(O)cc(C=Cc2ccc(O)c(O)c2)oc1=O)c1c(O)cc(C=Cc2ccc(O)c(O)c2)oc1=O. The summed E-state index contributed by atoms with van der Waals surface area (Å²) in [7, 11) is 0. The molecule has 2 aromatic carbocycles. The van der Waals surface area contributed by atoms with Crippen molar-refractivity contribution in [2.45, 2.75) is 26.2 Å². The number of phenols is 4. The highest BCUT2D eigenvalue weighted by Gasteiger charge is 2.30. The molecule has 0 radical (unpaired) electrons. The van der Waals surface area contributed by atoms with Crippen molar-refractivity contribution in [1.82, 2.24) is 0 Å². The molecule has 0 fully saturated rings. The summed E-state index contributed by atoms with van der Waals surface area (Å²) in [5.74, 6) is -3.28. The van der Waals surface area contributed by atoms with Crippen molar-refractivity contribution in [3.63, 3.8) is 0 Å². The number of hydrogen-bond donors (Lipinski definition) is 6. The summed E-state index contributed by atoms with van der Waals surface area (Å²) in [6.07, 6.45) is 5.95. The average molecular weight is 561 g/mol. The maximum atomic E-state index is 13.1. The minimum absolute atomic E-state index is 0.0101. The molecule has 41 heavy (non-hydrogen) atoms. The van der Waals surface area contributed by atoms with E-state index in [0.29, 0.717) is 11.1 Å². The highest BCUT2D eigenvalue weighted by Crippen LogP contribution is 2.37. The molecule has 0 atom stereocenters. The normalized spacial score (nSPS) is 12.5. The predicted molar refractivity (Wildman–Crippen MR) is 152 cm³/mol. The maximum Gasteiger partial charge on any atom is 0.343 e. The number of phenolic OH excluding ortho intramolecular Hbond substituents is 4. The second-order valence-corrected chi connectivity index (χ2v) is 9.82. The van der Waals surface area contributed by atoms with E-state index in [9.17, 15) is 40.2 Å². The van der Waals surface area contributed by atoms with E-state index in [1.54, 1.807) is 0 Å². The van der Waals surface area contributed by atoms with Gasteiger partial charge < -0.3 is 39.5 Å². The van der Waals surface area contributed by atoms with E-state index in [2.05, 4.69) is 0 Å². The van der Waals surface area contributed by atoms with Gasteiger partial charge in [-0.05, 0) is 59.9 Å². The summed E-state index contributed by atoms with van der Waals surface area (Å²) in [4.78, 5) is 26.1. The van der Waals surface area contributed by atoms with Gasteiger partial charge in [-0.1, -0.05) is 38.1 Å². The second kappa shape index (κ2) is 11.8. The molecule has 2 heterocycles. The van der Waals surface area contributed by atoms with Crippen LogP contribution in [0.4, 0.5) is 0 Å². The Morgan fingerprint density at radius 1 is 0.585 bits per heavy atom. The van der Waals surface area contributed by atoms with Crippen molar-refractivity contribution >= 4 is 24.3 Å². The lowest BCUT2D eigenvalue weighted by atomic mass is 9.85. The van der Waals surface area contributed by atoms with Crippen molar-refractivity contribution in [2.75, 3.05) is 0 Å². The Kier molecular flexibility index (Phi) is 8.23. The zero-order chi connectivity index (χ0) is 29.8. The van der Waals surface area contributed by atoms with E-state index in [-0.39, 0.29) is 58.0 Å². The van der Waals surface area contributed by atoms with Crippen LogP contribution in [0.2, 0.25) is 0 Å². The fourth-order valence-corrected chi connectivity index (χ4v) is 4.32. The summed E-state index contributed by atoms with van der Waals surface area (Å²) in [6.45, 7) is 3.69. The molecule has 10 nitrogen and oxygen atoms in total. The molecule has 0 saturated heterocycles. The first kappa shape index (κ1) is 28.6. The van der Waals surface area contributed by atoms with Crippen molar-refractivity contribution in [3.05, 3.63) is 103 Å². The number of rotatable bonds is 8. The fourth-order valence-electron chi connectivity index (χ4n) is 4.32. The molecule has 212 valence electrons. The van der Waals surface area contributed by atoms with E-state index in [4.69, 9.17) is 8.83 Å². The quantitative estimate of drug-likeness (QED) is 0.154. The van der Waals surface area contributed by atoms with E-state index in [0.717, 1.165) is 0 Å². The van der Waals surface area contributed by atoms with Crippen LogP contribution in [0.15, 0.2) is 67.0 Å². The van der Waals surface area contributed by atoms with Crippen LogP contribution >= 0.6 is 0 Å². The van der Waals surface area contributed by atoms with E-state index in [1.807, 2.05) is 13.8 Å². The van der Waals surface area contributed by atoms with E-state index in [1.165, 1.54) is 72.8 Å². The van der Waals surface area contributed by atoms with Crippen LogP contribution in [0.1, 0.15) is 60.0 Å². The lowest BCUT2D eigenvalue weighted by Gasteiger charge is -2.19. The molecule has 0 spiro atoms. The Labute approximate surface area is 233 Å². The molecular weight excluding hydrogens is 532 g/mol. The van der Waals surface area contributed by atoms with Crippen LogP contribution in [0, 0.1) is 5.92 Å². The van der Waals surface area contributed by atoms with Gasteiger partial charge in [0.25, 0.3) is 0 Å². The summed E-state index contributed by atoms with van der Waals surface area (Å²) in [5, 5.41) is 59.9. The molecule has 4 rings (SSSR count). The minimum atomic E-state index is -1.05. The third-order valence-corrected chi connectivity index (χ3v) is 6.25. The van der Waals surface area contributed by atoms with Gasteiger partial charge >= 0.3 is 11.3 Å². The minimum Gasteiger partial charge on any atom is -0.507 e. The second-order valence-electron chi connectivity index (χ2n) is 9.82. The van der Waals surface area contributed by atoms with Crippen molar-refractivity contribution in [1.29, 1.82) is 0 Å². The molecule has 0 amide bonds. The van der Waals surface area contributed by atoms with Gasteiger partial charge in [-0.3, -0.25) is 0 Å². The zero-order valence-electron chi connectivity index (χ0n) is 22.1. The molecule has 0 saturated carbocycles. The first-order valence-electron chi connectivity index (χ1n) is 12.6. The number of aromatic hydroxyl groups is 6. The Morgan fingerprint density at radius 2 is 1.00 bits per heavy atom. The van der Waals surface area contributed by atoms with Gasteiger partial charge in [-0.15, -0.1) is 0 Å². The van der Waals surface area contributed by atoms with Gasteiger partial charge in [-0.25, -0.2) is 9.59 Å². The van der Waals surface area contributed by atoms with E-state index >= 15 is 0 Å². The first-order valence-corrected chi connectivity index (χ1v) is 12.6. The fraction of sp³-hybridized carbons (Fsp3) is 0.161. The van der Waals surface area contributed by atoms with Crippen LogP contribution in [0.25, 0.3) is 24.3 Å². The van der Waals surface area contributed by atoms with Crippen LogP contribution in [0.5, 0.6) is 34.5 Å². The zero-order valence-corrected chi connectivity index (χ0v) is 22.1. The molecule has 0 bridgehead atoms. The maximum absolute atomic E-state index is 13.1. The average Bonchev–Trinajstić information content (AvgIpc) is 2.89. The monoisotopic (exact) mass is 560 g/mol. The van der Waals surface area contributed by atoms with Crippen LogP contribution in [0.3, 0.4) is 0 Å². The van der Waals surface area contributed by atoms with Crippen molar-refractivity contribution in [2.24, 2.45) is 5.92 Å². The highest BCUT2D eigenvalue weighted by molar-refractivity contribution is 5.70. The molecule has 0 aliphatic rings. The molecule has 2 aromatic heterocycles. The number of benzene rings is 2. The molecular formula is C31H28O10. The lowest BCUT2D eigenvalue weighted by molar-refractivity contribution is 0.395. The Bertz CT molecular complexity index is 1630. The standard InChI is InChI=1S/C31H28O10/c1-16(2)11-21(28-26(36)14-19(40-30(28)38)7-3-17-5-9-22(32)24(34)12-17)29-27(37)15-20(41-31(29)39)8-4-18-6-10-23(33)25(35)13-18/h3-10,12-16,21,32-37H,11H2,1-2H3. The molecule has 0 aliphatic heterocycles.